The molecule has 0 bridgehead atoms. The summed E-state index contributed by atoms with van der Waals surface area (Å²) in [5.74, 6) is -0.190. The van der Waals surface area contributed by atoms with Crippen LogP contribution in [0.15, 0.2) is 59.5 Å². The fourth-order valence-electron chi connectivity index (χ4n) is 5.35. The number of aliphatic hydroxyl groups excluding tert-OH is 1. The molecule has 1 fully saturated rings. The smallest absolute Gasteiger partial charge is 0.269 e. The molecule has 0 spiro atoms. The second-order valence-electron chi connectivity index (χ2n) is 10.6. The van der Waals surface area contributed by atoms with Crippen LogP contribution in [0.3, 0.4) is 0 Å². The molecule has 1 aliphatic rings. The number of nitrogens with zero attached hydrogens (tertiary/aromatic N) is 3. The Bertz CT molecular complexity index is 1200. The van der Waals surface area contributed by atoms with E-state index in [0.717, 1.165) is 43.4 Å². The molecule has 0 radical (unpaired) electrons. The Morgan fingerprint density at radius 1 is 1.08 bits per heavy atom. The van der Waals surface area contributed by atoms with E-state index in [1.807, 2.05) is 51.1 Å². The highest BCUT2D eigenvalue weighted by Crippen LogP contribution is 2.37. The second kappa shape index (κ2) is 12.4. The number of carbonyl (C=O) groups excluding carboxylic acids is 1. The average Bonchev–Trinajstić information content (AvgIpc) is 3.44. The van der Waals surface area contributed by atoms with Crippen molar-refractivity contribution in [1.82, 2.24) is 9.21 Å². The van der Waals surface area contributed by atoms with Crippen molar-refractivity contribution in [1.29, 1.82) is 0 Å². The fraction of sp³-hybridized carbons (Fsp3) is 0.536. The molecule has 0 unspecified atom stereocenters. The van der Waals surface area contributed by atoms with E-state index >= 15 is 0 Å². The Hall–Kier alpha value is -2.82. The van der Waals surface area contributed by atoms with E-state index in [4.69, 9.17) is 0 Å². The van der Waals surface area contributed by atoms with Crippen LogP contribution in [-0.2, 0) is 20.4 Å². The molecule has 10 heteroatoms. The quantitative estimate of drug-likeness (QED) is 0.308. The van der Waals surface area contributed by atoms with Crippen LogP contribution in [-0.4, -0.2) is 59.3 Å². The predicted molar refractivity (Wildman–Crippen MR) is 146 cm³/mol. The van der Waals surface area contributed by atoms with E-state index < -0.39 is 26.6 Å². The lowest BCUT2D eigenvalue weighted by atomic mass is 9.83. The zero-order valence-electron chi connectivity index (χ0n) is 22.6. The maximum Gasteiger partial charge on any atom is 0.269 e. The van der Waals surface area contributed by atoms with Gasteiger partial charge in [0.25, 0.3) is 5.69 Å². The summed E-state index contributed by atoms with van der Waals surface area (Å²) in [6, 6.07) is 14.0. The van der Waals surface area contributed by atoms with Crippen LogP contribution in [0.5, 0.6) is 0 Å². The summed E-state index contributed by atoms with van der Waals surface area (Å²) in [6.07, 6.45) is 2.36. The van der Waals surface area contributed by atoms with Gasteiger partial charge in [-0.1, -0.05) is 57.0 Å². The van der Waals surface area contributed by atoms with E-state index in [9.17, 15) is 28.4 Å². The SMILES string of the molecule is CCN(C(=O)C1CCCC1)[C@@](C)(c1ccccc1)[C@H](O)CN(CC(C)C)S(=O)(=O)c1ccc([N+](=O)[O-])cc1. The summed E-state index contributed by atoms with van der Waals surface area (Å²) < 4.78 is 28.6. The molecule has 3 rings (SSSR count). The molecular formula is C28H39N3O6S. The van der Waals surface area contributed by atoms with Gasteiger partial charge in [0.15, 0.2) is 0 Å². The first-order valence-electron chi connectivity index (χ1n) is 13.2. The molecule has 2 aromatic carbocycles. The molecule has 208 valence electrons. The largest absolute Gasteiger partial charge is 0.389 e. The lowest BCUT2D eigenvalue weighted by molar-refractivity contribution is -0.384. The lowest BCUT2D eigenvalue weighted by Gasteiger charge is -2.46. The maximum absolute atomic E-state index is 13.7. The van der Waals surface area contributed by atoms with Crippen LogP contribution in [0, 0.1) is 22.0 Å². The molecule has 1 amide bonds. The highest BCUT2D eigenvalue weighted by Gasteiger charge is 2.46. The van der Waals surface area contributed by atoms with Gasteiger partial charge in [-0.25, -0.2) is 8.42 Å². The average molecular weight is 546 g/mol. The van der Waals surface area contributed by atoms with Crippen molar-refractivity contribution in [2.75, 3.05) is 19.6 Å². The number of non-ortho nitro benzene ring substituents is 1. The van der Waals surface area contributed by atoms with Gasteiger partial charge >= 0.3 is 0 Å². The summed E-state index contributed by atoms with van der Waals surface area (Å²) in [5.41, 5.74) is -0.673. The van der Waals surface area contributed by atoms with Crippen molar-refractivity contribution < 1.29 is 23.2 Å². The van der Waals surface area contributed by atoms with Crippen LogP contribution in [0.4, 0.5) is 5.69 Å². The van der Waals surface area contributed by atoms with Gasteiger partial charge in [-0.2, -0.15) is 4.31 Å². The number of amides is 1. The second-order valence-corrected chi connectivity index (χ2v) is 12.5. The number of carbonyl (C=O) groups is 1. The zero-order chi connectivity index (χ0) is 28.1. The van der Waals surface area contributed by atoms with Crippen LogP contribution in [0.1, 0.15) is 58.9 Å². The van der Waals surface area contributed by atoms with E-state index in [1.165, 1.54) is 16.4 Å². The number of nitro groups is 1. The summed E-state index contributed by atoms with van der Waals surface area (Å²) in [4.78, 5) is 25.8. The van der Waals surface area contributed by atoms with Crippen molar-refractivity contribution in [2.24, 2.45) is 11.8 Å². The molecule has 38 heavy (non-hydrogen) atoms. The fourth-order valence-corrected chi connectivity index (χ4v) is 6.96. The third-order valence-corrected chi connectivity index (χ3v) is 9.33. The van der Waals surface area contributed by atoms with Gasteiger partial charge in [0.1, 0.15) is 0 Å². The first kappa shape index (κ1) is 29.7. The number of aliphatic hydroxyl groups is 1. The molecule has 2 atom stereocenters. The predicted octanol–water partition coefficient (Wildman–Crippen LogP) is 4.56. The maximum atomic E-state index is 13.7. The molecule has 1 aliphatic carbocycles. The van der Waals surface area contributed by atoms with Gasteiger partial charge in [0, 0.05) is 37.7 Å². The van der Waals surface area contributed by atoms with Crippen LogP contribution in [0.2, 0.25) is 0 Å². The normalized spacial score (nSPS) is 16.9. The molecule has 9 nitrogen and oxygen atoms in total. The summed E-state index contributed by atoms with van der Waals surface area (Å²) >= 11 is 0. The Kier molecular flexibility index (Phi) is 9.67. The highest BCUT2D eigenvalue weighted by atomic mass is 32.2. The molecule has 2 aromatic rings. The highest BCUT2D eigenvalue weighted by molar-refractivity contribution is 7.89. The number of nitro benzene ring substituents is 1. The Balaban J connectivity index is 2.02. The van der Waals surface area contributed by atoms with Crippen LogP contribution >= 0.6 is 0 Å². The van der Waals surface area contributed by atoms with Gasteiger partial charge in [-0.3, -0.25) is 14.9 Å². The number of likely N-dealkylation sites (N-methyl/N-ethyl adjacent to an activating group) is 1. The van der Waals surface area contributed by atoms with Crippen molar-refractivity contribution >= 4 is 21.6 Å². The Morgan fingerprint density at radius 2 is 1.66 bits per heavy atom. The minimum absolute atomic E-state index is 0.0240. The van der Waals surface area contributed by atoms with Crippen molar-refractivity contribution in [3.63, 3.8) is 0 Å². The molecule has 1 N–H and O–H groups in total. The Morgan fingerprint density at radius 3 is 2.16 bits per heavy atom. The first-order chi connectivity index (χ1) is 17.9. The van der Waals surface area contributed by atoms with E-state index in [1.54, 1.807) is 11.8 Å². The minimum Gasteiger partial charge on any atom is -0.389 e. The molecule has 1 saturated carbocycles. The molecular weight excluding hydrogens is 506 g/mol. The summed E-state index contributed by atoms with van der Waals surface area (Å²) in [7, 11) is -4.10. The molecule has 0 aliphatic heterocycles. The van der Waals surface area contributed by atoms with E-state index in [-0.39, 0.29) is 41.4 Å². The van der Waals surface area contributed by atoms with Gasteiger partial charge in [0.05, 0.1) is 21.5 Å². The van der Waals surface area contributed by atoms with Crippen LogP contribution < -0.4 is 0 Å². The Labute approximate surface area is 225 Å². The van der Waals surface area contributed by atoms with Gasteiger partial charge in [-0.05, 0) is 50.3 Å². The van der Waals surface area contributed by atoms with Crippen molar-refractivity contribution in [2.45, 2.75) is 69.9 Å². The molecule has 0 heterocycles. The lowest BCUT2D eigenvalue weighted by Crippen LogP contribution is -2.59. The van der Waals surface area contributed by atoms with Gasteiger partial charge < -0.3 is 10.0 Å². The minimum atomic E-state index is -4.10. The number of benzene rings is 2. The third-order valence-electron chi connectivity index (χ3n) is 7.49. The monoisotopic (exact) mass is 545 g/mol. The van der Waals surface area contributed by atoms with Crippen LogP contribution in [0.25, 0.3) is 0 Å². The first-order valence-corrected chi connectivity index (χ1v) is 14.7. The van der Waals surface area contributed by atoms with E-state index in [2.05, 4.69) is 0 Å². The zero-order valence-corrected chi connectivity index (χ0v) is 23.4. The number of hydrogen-bond acceptors (Lipinski definition) is 6. The summed E-state index contributed by atoms with van der Waals surface area (Å²) in [5, 5.41) is 22.9. The third kappa shape index (κ3) is 6.24. The number of rotatable bonds is 12. The van der Waals surface area contributed by atoms with E-state index in [0.29, 0.717) is 6.54 Å². The molecule has 0 saturated heterocycles. The molecule has 0 aromatic heterocycles. The van der Waals surface area contributed by atoms with Gasteiger partial charge in [-0.15, -0.1) is 0 Å². The summed E-state index contributed by atoms with van der Waals surface area (Å²) in [6.45, 7) is 7.67. The topological polar surface area (TPSA) is 121 Å². The number of hydrogen-bond donors (Lipinski definition) is 1. The standard InChI is InChI=1S/C28H39N3O6S/c1-5-30(27(33)22-11-9-10-12-22)28(4,23-13-7-6-8-14-23)26(32)20-29(19-21(2)3)38(36,37)25-17-15-24(16-18-25)31(34)35/h6-8,13-18,21-22,26,32H,5,9-12,19-20H2,1-4H3/t26-,28+/m1/s1. The van der Waals surface area contributed by atoms with Crippen molar-refractivity contribution in [3.8, 4) is 0 Å². The van der Waals surface area contributed by atoms with Gasteiger partial charge in [0.2, 0.25) is 15.9 Å². The van der Waals surface area contributed by atoms with Crippen molar-refractivity contribution in [3.05, 3.63) is 70.3 Å². The number of sulfonamides is 1.